The van der Waals surface area contributed by atoms with Crippen LogP contribution in [0.5, 0.6) is 0 Å². The van der Waals surface area contributed by atoms with Gasteiger partial charge in [-0.05, 0) is 11.4 Å². The monoisotopic (exact) mass is 270 g/mol. The lowest BCUT2D eigenvalue weighted by atomic mass is 10.4. The van der Waals surface area contributed by atoms with Gasteiger partial charge in [0.1, 0.15) is 0 Å². The number of hydrogen-bond acceptors (Lipinski definition) is 1. The second-order valence-electron chi connectivity index (χ2n) is 1.96. The zero-order valence-electron chi connectivity index (χ0n) is 6.07. The number of rotatable bonds is 5. The molecule has 0 aliphatic carbocycles. The van der Waals surface area contributed by atoms with Crippen LogP contribution in [0.1, 0.15) is 19.8 Å². The van der Waals surface area contributed by atoms with Gasteiger partial charge in [-0.1, -0.05) is 45.2 Å². The zero-order valence-corrected chi connectivity index (χ0v) is 9.24. The lowest BCUT2D eigenvalue weighted by Crippen LogP contribution is -1.95. The first-order valence-electron chi connectivity index (χ1n) is 3.33. The predicted molar refractivity (Wildman–Crippen MR) is 51.7 cm³/mol. The van der Waals surface area contributed by atoms with Crippen LogP contribution in [0.25, 0.3) is 0 Å². The molecule has 0 aromatic carbocycles. The van der Waals surface area contributed by atoms with E-state index in [9.17, 15) is 0 Å². The highest BCUT2D eigenvalue weighted by molar-refractivity contribution is 9.14. The van der Waals surface area contributed by atoms with Crippen molar-refractivity contribution in [3.05, 3.63) is 9.47 Å². The molecule has 0 rings (SSSR count). The Morgan fingerprint density at radius 3 is 2.80 bits per heavy atom. The smallest absolute Gasteiger partial charge is 0.0787 e. The molecule has 0 aromatic heterocycles. The Balaban J connectivity index is 3.04. The van der Waals surface area contributed by atoms with Crippen molar-refractivity contribution in [2.75, 3.05) is 13.2 Å². The molecule has 0 bridgehead atoms. The van der Waals surface area contributed by atoms with E-state index in [1.54, 1.807) is 0 Å². The quantitative estimate of drug-likeness (QED) is 0.696. The molecule has 0 atom stereocenters. The van der Waals surface area contributed by atoms with Gasteiger partial charge in [-0.2, -0.15) is 0 Å². The molecular weight excluding hydrogens is 260 g/mol. The third-order valence-electron chi connectivity index (χ3n) is 1.00. The van der Waals surface area contributed by atoms with Crippen molar-refractivity contribution >= 4 is 31.9 Å². The minimum absolute atomic E-state index is 0.672. The summed E-state index contributed by atoms with van der Waals surface area (Å²) in [5.41, 5.74) is 0. The molecule has 10 heavy (non-hydrogen) atoms. The SMILES string of the molecule is CCCCOCC(Br)=CBr. The summed E-state index contributed by atoms with van der Waals surface area (Å²) in [6, 6.07) is 0. The highest BCUT2D eigenvalue weighted by Gasteiger charge is 1.89. The second-order valence-corrected chi connectivity index (χ2v) is 3.44. The third kappa shape index (κ3) is 6.78. The van der Waals surface area contributed by atoms with Gasteiger partial charge >= 0.3 is 0 Å². The van der Waals surface area contributed by atoms with Crippen LogP contribution in [-0.4, -0.2) is 13.2 Å². The van der Waals surface area contributed by atoms with Gasteiger partial charge in [-0.15, -0.1) is 0 Å². The molecule has 0 unspecified atom stereocenters. The lowest BCUT2D eigenvalue weighted by Gasteiger charge is -1.99. The maximum Gasteiger partial charge on any atom is 0.0787 e. The van der Waals surface area contributed by atoms with Gasteiger partial charge in [0, 0.05) is 11.1 Å². The van der Waals surface area contributed by atoms with Crippen molar-refractivity contribution in [3.63, 3.8) is 0 Å². The molecule has 0 radical (unpaired) electrons. The van der Waals surface area contributed by atoms with E-state index in [1.165, 1.54) is 6.42 Å². The van der Waals surface area contributed by atoms with Gasteiger partial charge in [0.05, 0.1) is 6.61 Å². The number of unbranched alkanes of at least 4 members (excludes halogenated alkanes) is 1. The lowest BCUT2D eigenvalue weighted by molar-refractivity contribution is 0.157. The van der Waals surface area contributed by atoms with E-state index in [-0.39, 0.29) is 0 Å². The van der Waals surface area contributed by atoms with Gasteiger partial charge in [0.2, 0.25) is 0 Å². The molecule has 0 fully saturated rings. The highest BCUT2D eigenvalue weighted by Crippen LogP contribution is 2.07. The Kier molecular flexibility index (Phi) is 8.28. The molecule has 0 N–H and O–H groups in total. The molecule has 0 spiro atoms. The molecule has 1 nitrogen and oxygen atoms in total. The van der Waals surface area contributed by atoms with E-state index in [0.717, 1.165) is 17.5 Å². The minimum Gasteiger partial charge on any atom is -0.376 e. The molecule has 3 heteroatoms. The summed E-state index contributed by atoms with van der Waals surface area (Å²) in [5.74, 6) is 0. The van der Waals surface area contributed by atoms with E-state index in [1.807, 2.05) is 4.99 Å². The summed E-state index contributed by atoms with van der Waals surface area (Å²) in [7, 11) is 0. The van der Waals surface area contributed by atoms with Crippen molar-refractivity contribution in [2.24, 2.45) is 0 Å². The van der Waals surface area contributed by atoms with Gasteiger partial charge < -0.3 is 4.74 Å². The molecular formula is C7H12Br2O. The van der Waals surface area contributed by atoms with E-state index < -0.39 is 0 Å². The Morgan fingerprint density at radius 1 is 1.60 bits per heavy atom. The van der Waals surface area contributed by atoms with E-state index in [0.29, 0.717) is 6.61 Å². The Labute approximate surface area is 79.1 Å². The summed E-state index contributed by atoms with van der Waals surface area (Å²) in [4.78, 5) is 1.82. The first-order chi connectivity index (χ1) is 4.81. The third-order valence-corrected chi connectivity index (χ3v) is 2.63. The first-order valence-corrected chi connectivity index (χ1v) is 5.04. The fourth-order valence-corrected chi connectivity index (χ4v) is 0.742. The van der Waals surface area contributed by atoms with Crippen molar-refractivity contribution in [2.45, 2.75) is 19.8 Å². The van der Waals surface area contributed by atoms with Crippen LogP contribution in [0.4, 0.5) is 0 Å². The Hall–Kier alpha value is 0.660. The predicted octanol–water partition coefficient (Wildman–Crippen LogP) is 3.43. The molecule has 0 saturated carbocycles. The van der Waals surface area contributed by atoms with Crippen LogP contribution in [-0.2, 0) is 4.74 Å². The summed E-state index contributed by atoms with van der Waals surface area (Å²) < 4.78 is 6.33. The second kappa shape index (κ2) is 7.76. The van der Waals surface area contributed by atoms with E-state index in [4.69, 9.17) is 4.74 Å². The fraction of sp³-hybridized carbons (Fsp3) is 0.714. The largest absolute Gasteiger partial charge is 0.376 e. The Morgan fingerprint density at radius 2 is 2.30 bits per heavy atom. The average molecular weight is 272 g/mol. The van der Waals surface area contributed by atoms with Crippen molar-refractivity contribution < 1.29 is 4.74 Å². The molecule has 0 aliphatic rings. The fourth-order valence-electron chi connectivity index (χ4n) is 0.448. The van der Waals surface area contributed by atoms with Crippen LogP contribution in [0, 0.1) is 0 Å². The van der Waals surface area contributed by atoms with Crippen LogP contribution in [0.15, 0.2) is 9.47 Å². The van der Waals surface area contributed by atoms with Crippen LogP contribution >= 0.6 is 31.9 Å². The topological polar surface area (TPSA) is 9.23 Å². The number of halogens is 2. The molecule has 0 saturated heterocycles. The normalized spacial score (nSPS) is 12.1. The van der Waals surface area contributed by atoms with Gasteiger partial charge in [0.15, 0.2) is 0 Å². The Bertz CT molecular complexity index is 102. The molecule has 0 aromatic rings. The standard InChI is InChI=1S/C7H12Br2O/c1-2-3-4-10-6-7(9)5-8/h5H,2-4,6H2,1H3. The van der Waals surface area contributed by atoms with E-state index in [2.05, 4.69) is 38.8 Å². The summed E-state index contributed by atoms with van der Waals surface area (Å²) in [6.45, 7) is 3.68. The van der Waals surface area contributed by atoms with Crippen molar-refractivity contribution in [3.8, 4) is 0 Å². The number of ether oxygens (including phenoxy) is 1. The van der Waals surface area contributed by atoms with E-state index >= 15 is 0 Å². The van der Waals surface area contributed by atoms with Gasteiger partial charge in [-0.25, -0.2) is 0 Å². The maximum absolute atomic E-state index is 5.28. The molecule has 60 valence electrons. The zero-order chi connectivity index (χ0) is 7.82. The van der Waals surface area contributed by atoms with Gasteiger partial charge in [-0.3, -0.25) is 0 Å². The minimum atomic E-state index is 0.672. The molecule has 0 aliphatic heterocycles. The molecule has 0 heterocycles. The first kappa shape index (κ1) is 10.7. The average Bonchev–Trinajstić information content (AvgIpc) is 1.98. The summed E-state index contributed by atoms with van der Waals surface area (Å²) >= 11 is 6.51. The molecule has 0 amide bonds. The van der Waals surface area contributed by atoms with Crippen LogP contribution in [0.2, 0.25) is 0 Å². The van der Waals surface area contributed by atoms with Crippen molar-refractivity contribution in [1.29, 1.82) is 0 Å². The van der Waals surface area contributed by atoms with Crippen molar-refractivity contribution in [1.82, 2.24) is 0 Å². The van der Waals surface area contributed by atoms with Crippen LogP contribution in [0.3, 0.4) is 0 Å². The van der Waals surface area contributed by atoms with Gasteiger partial charge in [0.25, 0.3) is 0 Å². The van der Waals surface area contributed by atoms with Crippen LogP contribution < -0.4 is 0 Å². The summed E-state index contributed by atoms with van der Waals surface area (Å²) in [6.07, 6.45) is 2.33. The maximum atomic E-state index is 5.28. The number of hydrogen-bond donors (Lipinski definition) is 0. The summed E-state index contributed by atoms with van der Waals surface area (Å²) in [5, 5.41) is 0. The highest BCUT2D eigenvalue weighted by atomic mass is 79.9.